The zero-order chi connectivity index (χ0) is 4.83. The second-order valence-electron chi connectivity index (χ2n) is 0.697. The monoisotopic (exact) mass is 78.1 g/mol. The second kappa shape index (κ2) is 3.92. The van der Waals surface area contributed by atoms with Crippen LogP contribution < -0.4 is 0 Å². The van der Waals surface area contributed by atoms with Crippen molar-refractivity contribution >= 4 is 0 Å². The molecule has 0 aromatic heterocycles. The number of hydrogen-bond acceptors (Lipinski definition) is 2. The molecular formula is C3H8O2. The lowest BCUT2D eigenvalue weighted by Crippen LogP contribution is -1.91. The molecule has 2 heteroatoms. The van der Waals surface area contributed by atoms with Crippen LogP contribution in [0.1, 0.15) is 0 Å². The van der Waals surface area contributed by atoms with Gasteiger partial charge in [0.05, 0.1) is 13.2 Å². The number of methoxy groups -OCH3 is 1. The van der Waals surface area contributed by atoms with Crippen molar-refractivity contribution in [2.75, 3.05) is 20.3 Å². The molecule has 5 heavy (non-hydrogen) atoms. The molecule has 0 aromatic rings. The first-order chi connectivity index (χ1) is 2.91. The van der Waals surface area contributed by atoms with Gasteiger partial charge < -0.3 is 9.85 Å². The molecule has 1 N–H and O–H groups in total. The normalized spacial score (nSPS) is 11.0. The average Bonchev–Trinajstić information content (AvgIpc) is 1.61. The summed E-state index contributed by atoms with van der Waals surface area (Å²) >= 11 is 0. The minimum absolute atomic E-state index is 0.358. The quantitative estimate of drug-likeness (QED) is 0.466. The Bertz CT molecular complexity index is 20.8. The van der Waals surface area contributed by atoms with Crippen LogP contribution in [0.3, 0.4) is 0 Å². The fraction of sp³-hybridized carbons (Fsp3) is 1.00. The van der Waals surface area contributed by atoms with Crippen LogP contribution in [0.4, 0.5) is 0 Å². The van der Waals surface area contributed by atoms with Crippen molar-refractivity contribution in [3.8, 4) is 0 Å². The molecule has 0 unspecified atom stereocenters. The van der Waals surface area contributed by atoms with Gasteiger partial charge >= 0.3 is 0 Å². The van der Waals surface area contributed by atoms with E-state index in [9.17, 15) is 0 Å². The highest BCUT2D eigenvalue weighted by molar-refractivity contribution is 4.12. The largest absolute Gasteiger partial charge is 0.394 e. The van der Waals surface area contributed by atoms with Crippen LogP contribution in [-0.4, -0.2) is 26.9 Å². The summed E-state index contributed by atoms with van der Waals surface area (Å²) in [6.45, 7) is 0.861. The molecule has 0 saturated heterocycles. The van der Waals surface area contributed by atoms with Gasteiger partial charge in [-0.05, 0) is 0 Å². The van der Waals surface area contributed by atoms with Gasteiger partial charge in [0.1, 0.15) is 0 Å². The lowest BCUT2D eigenvalue weighted by Gasteiger charge is -1.84. The second-order valence-corrected chi connectivity index (χ2v) is 0.697. The minimum Gasteiger partial charge on any atom is -0.394 e. The smallest absolute Gasteiger partial charge is 0.210 e. The van der Waals surface area contributed by atoms with Gasteiger partial charge in [-0.1, -0.05) is 0 Å². The van der Waals surface area contributed by atoms with E-state index in [0.29, 0.717) is 13.2 Å². The van der Waals surface area contributed by atoms with E-state index < -0.39 is 0 Å². The summed E-state index contributed by atoms with van der Waals surface area (Å²) in [5, 5.41) is 3.91. The first kappa shape index (κ1) is 3.12. The van der Waals surface area contributed by atoms with Crippen LogP contribution in [0, 0.1) is 0 Å². The summed E-state index contributed by atoms with van der Waals surface area (Å²) < 4.78 is 10.7. The van der Waals surface area contributed by atoms with E-state index in [2.05, 4.69) is 9.85 Å². The van der Waals surface area contributed by atoms with E-state index in [1.807, 2.05) is 0 Å². The van der Waals surface area contributed by atoms with Crippen molar-refractivity contribution in [1.82, 2.24) is 0 Å². The lowest BCUT2D eigenvalue weighted by atomic mass is 10.8. The van der Waals surface area contributed by atoms with E-state index in [4.69, 9.17) is 1.43 Å². The molecule has 0 spiro atoms. The van der Waals surface area contributed by atoms with E-state index in [0.717, 1.165) is 0 Å². The van der Waals surface area contributed by atoms with Crippen LogP contribution in [0.15, 0.2) is 0 Å². The molecule has 2 nitrogen and oxygen atoms in total. The predicted molar refractivity (Wildman–Crippen MR) is 19.0 cm³/mol. The highest BCUT2D eigenvalue weighted by Gasteiger charge is 1.67. The molecule has 0 saturated carbocycles. The first-order valence-electron chi connectivity index (χ1n) is 1.89. The van der Waals surface area contributed by atoms with Crippen LogP contribution in [0.25, 0.3) is 0 Å². The lowest BCUT2D eigenvalue weighted by molar-refractivity contribution is 0.135. The van der Waals surface area contributed by atoms with Crippen LogP contribution >= 0.6 is 0 Å². The molecular weight excluding hydrogens is 68.0 g/mol. The number of aliphatic hydroxyl groups excluding tert-OH is 1. The molecule has 0 amide bonds. The number of ether oxygens (including phenoxy) is 1. The average molecular weight is 78.1 g/mol. The van der Waals surface area contributed by atoms with Crippen molar-refractivity contribution in [1.29, 1.82) is 1.43 Å². The standard InChI is InChI=1S/C3H8O2/c1-5-3-2-4/h4H,2-3H2,1H3/i4T. The topological polar surface area (TPSA) is 29.5 Å². The fourth-order valence-corrected chi connectivity index (χ4v) is 0.0833. The maximum Gasteiger partial charge on any atom is 0.210 e. The minimum atomic E-state index is 0.358. The Balaban J connectivity index is 2.34. The molecule has 0 aliphatic heterocycles. The molecule has 0 heterocycles. The highest BCUT2D eigenvalue weighted by Crippen LogP contribution is 1.56. The summed E-state index contributed by atoms with van der Waals surface area (Å²) in [5.41, 5.74) is 0. The Morgan fingerprint density at radius 2 is 3.00 bits per heavy atom. The Kier molecular flexibility index (Phi) is 2.45. The van der Waals surface area contributed by atoms with Gasteiger partial charge in [0.2, 0.25) is 1.43 Å². The Labute approximate surface area is 32.9 Å². The van der Waals surface area contributed by atoms with Gasteiger partial charge in [0, 0.05) is 7.11 Å². The van der Waals surface area contributed by atoms with E-state index >= 15 is 0 Å². The third-order valence-electron chi connectivity index (χ3n) is 0.287. The zero-order valence-electron chi connectivity index (χ0n) is 4.23. The molecule has 32 valence electrons. The maximum atomic E-state index is 6.13. The van der Waals surface area contributed by atoms with Gasteiger partial charge in [-0.15, -0.1) is 0 Å². The third-order valence-corrected chi connectivity index (χ3v) is 0.287. The highest BCUT2D eigenvalue weighted by atomic mass is 16.5. The predicted octanol–water partition coefficient (Wildman–Crippen LogP) is -0.375. The Hall–Kier alpha value is -0.0800. The van der Waals surface area contributed by atoms with E-state index in [1.165, 1.54) is 0 Å². The molecule has 0 atom stereocenters. The number of hydrogen-bond donors (Lipinski definition) is 1. The maximum absolute atomic E-state index is 6.13. The van der Waals surface area contributed by atoms with Gasteiger partial charge in [-0.3, -0.25) is 0 Å². The molecule has 0 aliphatic carbocycles. The van der Waals surface area contributed by atoms with Crippen molar-refractivity contribution in [2.24, 2.45) is 0 Å². The van der Waals surface area contributed by atoms with Crippen molar-refractivity contribution in [2.45, 2.75) is 0 Å². The molecule has 0 rings (SSSR count). The van der Waals surface area contributed by atoms with Crippen LogP contribution in [0.2, 0.25) is 0 Å². The van der Waals surface area contributed by atoms with E-state index in [1.54, 1.807) is 7.11 Å². The summed E-state index contributed by atoms with van der Waals surface area (Å²) in [6, 6.07) is 0. The summed E-state index contributed by atoms with van der Waals surface area (Å²) in [6.07, 6.45) is 0. The van der Waals surface area contributed by atoms with Gasteiger partial charge in [0.15, 0.2) is 0 Å². The van der Waals surface area contributed by atoms with Crippen LogP contribution in [-0.2, 0) is 4.74 Å². The fourth-order valence-electron chi connectivity index (χ4n) is 0.0833. The molecule has 0 aliphatic rings. The summed E-state index contributed by atoms with van der Waals surface area (Å²) in [5.74, 6) is 0. The Morgan fingerprint density at radius 3 is 3.20 bits per heavy atom. The molecule has 0 aromatic carbocycles. The van der Waals surface area contributed by atoms with Crippen molar-refractivity contribution in [3.63, 3.8) is 0 Å². The van der Waals surface area contributed by atoms with Crippen LogP contribution in [0.5, 0.6) is 0 Å². The van der Waals surface area contributed by atoms with E-state index in [-0.39, 0.29) is 0 Å². The summed E-state index contributed by atoms with van der Waals surface area (Å²) in [4.78, 5) is 0. The Morgan fingerprint density at radius 1 is 2.20 bits per heavy atom. The first-order valence-corrected chi connectivity index (χ1v) is 1.49. The molecule has 0 fully saturated rings. The number of rotatable bonds is 3. The molecule has 0 bridgehead atoms. The molecule has 0 radical (unpaired) electrons. The van der Waals surface area contributed by atoms with Gasteiger partial charge in [-0.25, -0.2) is 0 Å². The third kappa shape index (κ3) is 3.92. The number of aliphatic hydroxyl groups is 1. The summed E-state index contributed by atoms with van der Waals surface area (Å²) in [7, 11) is 1.57. The van der Waals surface area contributed by atoms with Gasteiger partial charge in [0.25, 0.3) is 0 Å². The van der Waals surface area contributed by atoms with Gasteiger partial charge in [-0.2, -0.15) is 0 Å². The van der Waals surface area contributed by atoms with Crippen molar-refractivity contribution < 1.29 is 9.85 Å². The SMILES string of the molecule is [3H]OCCOC. The van der Waals surface area contributed by atoms with Crippen molar-refractivity contribution in [3.05, 3.63) is 0 Å². The zero-order valence-corrected chi connectivity index (χ0v) is 3.23.